The number of pyridine rings is 1. The Bertz CT molecular complexity index is 1280. The summed E-state index contributed by atoms with van der Waals surface area (Å²) in [5.41, 5.74) is 2.16. The molecule has 1 heterocycles. The molecule has 0 bridgehead atoms. The van der Waals surface area contributed by atoms with Crippen molar-refractivity contribution in [3.05, 3.63) is 95.7 Å². The highest BCUT2D eigenvalue weighted by atomic mass is 19.4. The molecular formula is C24H15F3N2O2. The molecule has 0 saturated carbocycles. The van der Waals surface area contributed by atoms with Crippen LogP contribution in [0.2, 0.25) is 0 Å². The van der Waals surface area contributed by atoms with Crippen molar-refractivity contribution in [1.82, 2.24) is 4.98 Å². The summed E-state index contributed by atoms with van der Waals surface area (Å²) >= 11 is 0. The molecule has 7 heteroatoms. The smallest absolute Gasteiger partial charge is 0.322 e. The number of hydrogen-bond acceptors (Lipinski definition) is 3. The number of nitrogens with one attached hydrogen (secondary N) is 1. The number of halogens is 3. The molecule has 0 aliphatic heterocycles. The summed E-state index contributed by atoms with van der Waals surface area (Å²) in [5, 5.41) is 3.55. The van der Waals surface area contributed by atoms with Crippen molar-refractivity contribution in [2.75, 3.05) is 5.32 Å². The number of nitrogens with zero attached hydrogens (tertiary/aromatic N) is 1. The Kier molecular flexibility index (Phi) is 5.25. The van der Waals surface area contributed by atoms with E-state index < -0.39 is 17.6 Å². The number of carbonyl (C=O) groups is 2. The summed E-state index contributed by atoms with van der Waals surface area (Å²) in [6.07, 6.45) is -2.27. The summed E-state index contributed by atoms with van der Waals surface area (Å²) < 4.78 is 38.5. The number of amides is 1. The third kappa shape index (κ3) is 4.30. The van der Waals surface area contributed by atoms with E-state index in [1.54, 1.807) is 48.5 Å². The molecule has 0 saturated heterocycles. The van der Waals surface area contributed by atoms with Crippen LogP contribution in [-0.4, -0.2) is 17.2 Å². The Morgan fingerprint density at radius 3 is 2.39 bits per heavy atom. The number of fused-ring (bicyclic) bond motifs is 1. The van der Waals surface area contributed by atoms with Gasteiger partial charge < -0.3 is 5.32 Å². The Morgan fingerprint density at radius 2 is 1.68 bits per heavy atom. The van der Waals surface area contributed by atoms with E-state index in [2.05, 4.69) is 10.3 Å². The van der Waals surface area contributed by atoms with Crippen LogP contribution in [0.4, 0.5) is 18.9 Å². The lowest BCUT2D eigenvalue weighted by Gasteiger charge is -2.12. The van der Waals surface area contributed by atoms with Gasteiger partial charge in [0.2, 0.25) is 0 Å². The predicted molar refractivity (Wildman–Crippen MR) is 112 cm³/mol. The molecule has 0 spiro atoms. The number of hydrogen-bond donors (Lipinski definition) is 1. The van der Waals surface area contributed by atoms with Gasteiger partial charge in [0.1, 0.15) is 0 Å². The molecule has 0 fully saturated rings. The quantitative estimate of drug-likeness (QED) is 0.413. The van der Waals surface area contributed by atoms with Gasteiger partial charge in [-0.25, -0.2) is 0 Å². The maximum absolute atomic E-state index is 12.9. The largest absolute Gasteiger partial charge is 0.416 e. The minimum Gasteiger partial charge on any atom is -0.322 e. The summed E-state index contributed by atoms with van der Waals surface area (Å²) in [5.74, 6) is -0.403. The zero-order chi connectivity index (χ0) is 22.0. The summed E-state index contributed by atoms with van der Waals surface area (Å²) in [7, 11) is 0. The highest BCUT2D eigenvalue weighted by Crippen LogP contribution is 2.32. The first-order valence-electron chi connectivity index (χ1n) is 9.28. The second-order valence-electron chi connectivity index (χ2n) is 6.87. The molecule has 4 aromatic rings. The van der Waals surface area contributed by atoms with E-state index in [4.69, 9.17) is 0 Å². The molecule has 31 heavy (non-hydrogen) atoms. The van der Waals surface area contributed by atoms with Crippen LogP contribution in [0, 0.1) is 0 Å². The Balaban J connectivity index is 1.62. The lowest BCUT2D eigenvalue weighted by molar-refractivity contribution is -0.137. The number of rotatable bonds is 4. The van der Waals surface area contributed by atoms with E-state index in [-0.39, 0.29) is 0 Å². The van der Waals surface area contributed by atoms with E-state index in [0.717, 1.165) is 17.5 Å². The Morgan fingerprint density at radius 1 is 0.935 bits per heavy atom. The van der Waals surface area contributed by atoms with Gasteiger partial charge in [0.05, 0.1) is 11.1 Å². The van der Waals surface area contributed by atoms with Crippen molar-refractivity contribution in [3.63, 3.8) is 0 Å². The van der Waals surface area contributed by atoms with Gasteiger partial charge in [-0.3, -0.25) is 14.6 Å². The first kappa shape index (κ1) is 20.3. The minimum absolute atomic E-state index is 0.326. The second-order valence-corrected chi connectivity index (χ2v) is 6.87. The van der Waals surface area contributed by atoms with Crippen LogP contribution in [0.15, 0.2) is 79.0 Å². The van der Waals surface area contributed by atoms with E-state index in [9.17, 15) is 22.8 Å². The zero-order valence-corrected chi connectivity index (χ0v) is 16.0. The fourth-order valence-electron chi connectivity index (χ4n) is 3.25. The van der Waals surface area contributed by atoms with Crippen LogP contribution < -0.4 is 5.32 Å². The number of anilines is 1. The van der Waals surface area contributed by atoms with Crippen LogP contribution in [-0.2, 0) is 6.18 Å². The third-order valence-electron chi connectivity index (χ3n) is 4.79. The summed E-state index contributed by atoms with van der Waals surface area (Å²) in [6.45, 7) is 0. The Hall–Kier alpha value is -4.00. The molecule has 1 aromatic heterocycles. The molecular weight excluding hydrogens is 405 g/mol. The fourth-order valence-corrected chi connectivity index (χ4v) is 3.25. The van der Waals surface area contributed by atoms with Gasteiger partial charge in [0.15, 0.2) is 6.29 Å². The van der Waals surface area contributed by atoms with Gasteiger partial charge in [-0.15, -0.1) is 0 Å². The van der Waals surface area contributed by atoms with Gasteiger partial charge >= 0.3 is 6.18 Å². The normalized spacial score (nSPS) is 11.3. The van der Waals surface area contributed by atoms with Crippen LogP contribution in [0.1, 0.15) is 26.3 Å². The molecule has 1 amide bonds. The summed E-state index contributed by atoms with van der Waals surface area (Å²) in [6, 6.07) is 18.2. The van der Waals surface area contributed by atoms with Crippen molar-refractivity contribution < 1.29 is 22.8 Å². The number of aldehydes is 1. The van der Waals surface area contributed by atoms with Crippen molar-refractivity contribution in [2.45, 2.75) is 6.18 Å². The van der Waals surface area contributed by atoms with Crippen molar-refractivity contribution in [3.8, 4) is 11.1 Å². The van der Waals surface area contributed by atoms with Crippen molar-refractivity contribution >= 4 is 28.8 Å². The molecule has 3 aromatic carbocycles. The van der Waals surface area contributed by atoms with E-state index in [0.29, 0.717) is 39.7 Å². The highest BCUT2D eigenvalue weighted by Gasteiger charge is 2.30. The molecule has 0 radical (unpaired) electrons. The molecule has 1 N–H and O–H groups in total. The zero-order valence-electron chi connectivity index (χ0n) is 16.0. The van der Waals surface area contributed by atoms with Crippen molar-refractivity contribution in [2.24, 2.45) is 0 Å². The topological polar surface area (TPSA) is 59.1 Å². The first-order valence-corrected chi connectivity index (χ1v) is 9.28. The molecule has 0 unspecified atom stereocenters. The average molecular weight is 420 g/mol. The standard InChI is InChI=1S/C24H15F3N2O2/c25-24(26,27)18-8-5-16(6-9-18)20-3-1-2-4-21(20)23(31)29-19-10-7-17-11-15(14-30)13-28-22(17)12-19/h1-14H,(H,29,31). The monoisotopic (exact) mass is 420 g/mol. The van der Waals surface area contributed by atoms with E-state index >= 15 is 0 Å². The SMILES string of the molecule is O=Cc1cnc2cc(NC(=O)c3ccccc3-c3ccc(C(F)(F)F)cc3)ccc2c1. The third-order valence-corrected chi connectivity index (χ3v) is 4.79. The highest BCUT2D eigenvalue weighted by molar-refractivity contribution is 6.09. The van der Waals surface area contributed by atoms with Crippen LogP contribution >= 0.6 is 0 Å². The van der Waals surface area contributed by atoms with Gasteiger partial charge in [0.25, 0.3) is 5.91 Å². The molecule has 0 aliphatic carbocycles. The van der Waals surface area contributed by atoms with Gasteiger partial charge in [-0.05, 0) is 47.5 Å². The van der Waals surface area contributed by atoms with Crippen molar-refractivity contribution in [1.29, 1.82) is 0 Å². The first-order chi connectivity index (χ1) is 14.8. The average Bonchev–Trinajstić information content (AvgIpc) is 2.78. The fraction of sp³-hybridized carbons (Fsp3) is 0.0417. The number of aromatic nitrogens is 1. The number of alkyl halides is 3. The molecule has 4 nitrogen and oxygen atoms in total. The molecule has 154 valence electrons. The molecule has 4 rings (SSSR count). The molecule has 0 atom stereocenters. The van der Waals surface area contributed by atoms with E-state index in [1.807, 2.05) is 0 Å². The number of carbonyl (C=O) groups excluding carboxylic acids is 2. The van der Waals surface area contributed by atoms with Crippen LogP contribution in [0.3, 0.4) is 0 Å². The second kappa shape index (κ2) is 8.02. The number of benzene rings is 3. The lowest BCUT2D eigenvalue weighted by Crippen LogP contribution is -2.13. The lowest BCUT2D eigenvalue weighted by atomic mass is 9.98. The predicted octanol–water partition coefficient (Wildman–Crippen LogP) is 5.99. The maximum atomic E-state index is 12.9. The summed E-state index contributed by atoms with van der Waals surface area (Å²) in [4.78, 5) is 28.0. The van der Waals surface area contributed by atoms with Gasteiger partial charge in [0, 0.05) is 28.4 Å². The van der Waals surface area contributed by atoms with Gasteiger partial charge in [-0.2, -0.15) is 13.2 Å². The minimum atomic E-state index is -4.42. The Labute approximate surface area is 175 Å². The van der Waals surface area contributed by atoms with Crippen LogP contribution in [0.25, 0.3) is 22.0 Å². The molecule has 0 aliphatic rings. The maximum Gasteiger partial charge on any atom is 0.416 e. The van der Waals surface area contributed by atoms with Gasteiger partial charge in [-0.1, -0.05) is 36.4 Å². The van der Waals surface area contributed by atoms with E-state index in [1.165, 1.54) is 18.3 Å². The van der Waals surface area contributed by atoms with Crippen LogP contribution in [0.5, 0.6) is 0 Å².